The average molecular weight is 275 g/mol. The molecule has 1 amide bonds. The summed E-state index contributed by atoms with van der Waals surface area (Å²) in [5.74, 6) is 0.324. The van der Waals surface area contributed by atoms with Crippen LogP contribution in [0.1, 0.15) is 6.42 Å². The fraction of sp³-hybridized carbons (Fsp3) is 0.857. The van der Waals surface area contributed by atoms with E-state index in [0.717, 1.165) is 0 Å². The minimum Gasteiger partial charge on any atom is -0.301 e. The van der Waals surface area contributed by atoms with E-state index in [4.69, 9.17) is 27.7 Å². The third kappa shape index (κ3) is 3.33. The molecule has 1 N–H and O–H groups in total. The minimum absolute atomic E-state index is 0.171. The van der Waals surface area contributed by atoms with Crippen LogP contribution < -0.4 is 5.09 Å². The number of halogens is 2. The van der Waals surface area contributed by atoms with E-state index >= 15 is 0 Å². The molecule has 0 radical (unpaired) electrons. The van der Waals surface area contributed by atoms with Crippen LogP contribution >= 0.6 is 30.9 Å². The van der Waals surface area contributed by atoms with E-state index in [-0.39, 0.29) is 31.4 Å². The van der Waals surface area contributed by atoms with Crippen LogP contribution in [-0.4, -0.2) is 42.0 Å². The topological polar surface area (TPSA) is 58.6 Å². The van der Waals surface area contributed by atoms with E-state index in [1.165, 1.54) is 4.67 Å². The molecular formula is C7H13Cl2N2O3P. The number of rotatable bonds is 5. The van der Waals surface area contributed by atoms with Crippen LogP contribution in [0.3, 0.4) is 0 Å². The molecular weight excluding hydrogens is 262 g/mol. The van der Waals surface area contributed by atoms with Crippen molar-refractivity contribution in [3.63, 3.8) is 0 Å². The van der Waals surface area contributed by atoms with E-state index < -0.39 is 7.67 Å². The van der Waals surface area contributed by atoms with Gasteiger partial charge in [-0.1, -0.05) is 0 Å². The zero-order chi connectivity index (χ0) is 11.3. The zero-order valence-corrected chi connectivity index (χ0v) is 10.5. The number of carbonyl (C=O) groups is 1. The first-order valence-electron chi connectivity index (χ1n) is 4.56. The molecule has 0 bridgehead atoms. The fourth-order valence-electron chi connectivity index (χ4n) is 1.25. The van der Waals surface area contributed by atoms with Crippen LogP contribution in [0.15, 0.2) is 0 Å². The average Bonchev–Trinajstić information content (AvgIpc) is 2.21. The lowest BCUT2D eigenvalue weighted by Gasteiger charge is -2.34. The van der Waals surface area contributed by atoms with Gasteiger partial charge in [-0.2, -0.15) is 0 Å². The highest BCUT2D eigenvalue weighted by Crippen LogP contribution is 2.49. The largest absolute Gasteiger partial charge is 0.370 e. The Balaban J connectivity index is 2.72. The lowest BCUT2D eigenvalue weighted by Crippen LogP contribution is -2.40. The van der Waals surface area contributed by atoms with Crippen molar-refractivity contribution >= 4 is 36.8 Å². The molecule has 0 unspecified atom stereocenters. The maximum absolute atomic E-state index is 12.2. The zero-order valence-electron chi connectivity index (χ0n) is 8.12. The number of hydrogen-bond donors (Lipinski definition) is 1. The van der Waals surface area contributed by atoms with Crippen molar-refractivity contribution < 1.29 is 13.9 Å². The lowest BCUT2D eigenvalue weighted by molar-refractivity contribution is -0.129. The summed E-state index contributed by atoms with van der Waals surface area (Å²) in [4.78, 5) is 11.5. The van der Waals surface area contributed by atoms with E-state index in [1.807, 2.05) is 0 Å². The number of amides is 1. The van der Waals surface area contributed by atoms with Crippen molar-refractivity contribution in [1.82, 2.24) is 9.76 Å². The second kappa shape index (κ2) is 6.06. The van der Waals surface area contributed by atoms with Gasteiger partial charge in [-0.05, 0) is 0 Å². The molecule has 0 aromatic rings. The number of nitrogens with zero attached hydrogens (tertiary/aromatic N) is 1. The smallest absolute Gasteiger partial charge is 0.301 e. The molecule has 0 saturated carbocycles. The summed E-state index contributed by atoms with van der Waals surface area (Å²) in [6.07, 6.45) is 0.240. The van der Waals surface area contributed by atoms with Crippen LogP contribution in [-0.2, 0) is 13.9 Å². The maximum atomic E-state index is 12.2. The summed E-state index contributed by atoms with van der Waals surface area (Å²) in [6.45, 7) is 0.710. The summed E-state index contributed by atoms with van der Waals surface area (Å²) in [5, 5.41) is 2.66. The molecule has 1 fully saturated rings. The molecule has 1 saturated heterocycles. The normalized spacial score (nSPS) is 27.1. The molecule has 0 aromatic heterocycles. The van der Waals surface area contributed by atoms with E-state index in [0.29, 0.717) is 12.4 Å². The molecule has 0 aliphatic carbocycles. The molecule has 88 valence electrons. The van der Waals surface area contributed by atoms with Gasteiger partial charge in [-0.15, -0.1) is 23.2 Å². The quantitative estimate of drug-likeness (QED) is 0.608. The van der Waals surface area contributed by atoms with Crippen LogP contribution in [0.4, 0.5) is 0 Å². The van der Waals surface area contributed by atoms with E-state index in [2.05, 4.69) is 5.09 Å². The summed E-state index contributed by atoms with van der Waals surface area (Å²) in [6, 6.07) is 0. The first-order chi connectivity index (χ1) is 7.14. The second-order valence-corrected chi connectivity index (χ2v) is 5.76. The number of hydrogen-bond acceptors (Lipinski definition) is 3. The standard InChI is InChI=1S/C7H13Cl2N2O3P/c8-2-4-10-15(13)11(5-3-9)7(12)1-6-14-15/h1-6H2,(H,10,13)/t15-/m0/s1. The van der Waals surface area contributed by atoms with Crippen molar-refractivity contribution in [1.29, 1.82) is 0 Å². The van der Waals surface area contributed by atoms with E-state index in [9.17, 15) is 9.36 Å². The third-order valence-electron chi connectivity index (χ3n) is 1.89. The second-order valence-electron chi connectivity index (χ2n) is 2.91. The fourth-order valence-corrected chi connectivity index (χ4v) is 3.66. The Labute approximate surface area is 98.6 Å². The van der Waals surface area contributed by atoms with Gasteiger partial charge < -0.3 is 4.52 Å². The number of nitrogens with one attached hydrogen (secondary N) is 1. The van der Waals surface area contributed by atoms with Gasteiger partial charge in [0.05, 0.1) is 13.0 Å². The monoisotopic (exact) mass is 274 g/mol. The first kappa shape index (κ1) is 13.3. The van der Waals surface area contributed by atoms with Crippen molar-refractivity contribution in [2.75, 3.05) is 31.5 Å². The highest BCUT2D eigenvalue weighted by Gasteiger charge is 2.38. The molecule has 5 nitrogen and oxygen atoms in total. The maximum Gasteiger partial charge on any atom is 0.370 e. The van der Waals surface area contributed by atoms with Crippen LogP contribution in [0, 0.1) is 0 Å². The highest BCUT2D eigenvalue weighted by molar-refractivity contribution is 7.55. The lowest BCUT2D eigenvalue weighted by atomic mass is 10.4. The van der Waals surface area contributed by atoms with Crippen LogP contribution in [0.25, 0.3) is 0 Å². The summed E-state index contributed by atoms with van der Waals surface area (Å²) in [7, 11) is -3.25. The van der Waals surface area contributed by atoms with E-state index in [1.54, 1.807) is 0 Å². The Kier molecular flexibility index (Phi) is 5.36. The Bertz CT molecular complexity index is 277. The highest BCUT2D eigenvalue weighted by atomic mass is 35.5. The van der Waals surface area contributed by atoms with Crippen molar-refractivity contribution in [3.05, 3.63) is 0 Å². The summed E-state index contributed by atoms with van der Waals surface area (Å²) in [5.41, 5.74) is 0. The molecule has 8 heteroatoms. The molecule has 0 aromatic carbocycles. The molecule has 1 aliphatic heterocycles. The predicted molar refractivity (Wildman–Crippen MR) is 59.3 cm³/mol. The molecule has 1 heterocycles. The van der Waals surface area contributed by atoms with Crippen LogP contribution in [0.5, 0.6) is 0 Å². The van der Waals surface area contributed by atoms with Crippen molar-refractivity contribution in [2.24, 2.45) is 0 Å². The van der Waals surface area contributed by atoms with Gasteiger partial charge in [-0.25, -0.2) is 9.65 Å². The summed E-state index contributed by atoms with van der Waals surface area (Å²) < 4.78 is 18.5. The van der Waals surface area contributed by atoms with Gasteiger partial charge in [0.2, 0.25) is 5.91 Å². The Hall–Kier alpha value is 0.200. The Morgan fingerprint density at radius 1 is 1.47 bits per heavy atom. The summed E-state index contributed by atoms with van der Waals surface area (Å²) >= 11 is 11.0. The van der Waals surface area contributed by atoms with Gasteiger partial charge >= 0.3 is 7.67 Å². The van der Waals surface area contributed by atoms with Gasteiger partial charge in [0.25, 0.3) is 0 Å². The van der Waals surface area contributed by atoms with Gasteiger partial charge in [0.1, 0.15) is 0 Å². The molecule has 15 heavy (non-hydrogen) atoms. The molecule has 1 aliphatic rings. The van der Waals surface area contributed by atoms with Gasteiger partial charge in [-0.3, -0.25) is 9.46 Å². The Morgan fingerprint density at radius 2 is 2.20 bits per heavy atom. The first-order valence-corrected chi connectivity index (χ1v) is 7.21. The predicted octanol–water partition coefficient (Wildman–Crippen LogP) is 1.41. The van der Waals surface area contributed by atoms with Gasteiger partial charge in [0, 0.05) is 24.8 Å². The Morgan fingerprint density at radius 3 is 2.80 bits per heavy atom. The number of carbonyl (C=O) groups excluding carboxylic acids is 1. The third-order valence-corrected chi connectivity index (χ3v) is 4.46. The number of alkyl halides is 2. The molecule has 1 rings (SSSR count). The van der Waals surface area contributed by atoms with Crippen molar-refractivity contribution in [3.8, 4) is 0 Å². The molecule has 1 atom stereocenters. The molecule has 0 spiro atoms. The van der Waals surface area contributed by atoms with Gasteiger partial charge in [0.15, 0.2) is 0 Å². The minimum atomic E-state index is -3.25. The van der Waals surface area contributed by atoms with Crippen molar-refractivity contribution in [2.45, 2.75) is 6.42 Å². The SMILES string of the molecule is O=C1CCO[P@@](=O)(NCCCl)N1CCCl. The van der Waals surface area contributed by atoms with Crippen LogP contribution in [0.2, 0.25) is 0 Å².